The second kappa shape index (κ2) is 5.15. The molecule has 0 aromatic carbocycles. The Balaban J connectivity index is 2.50. The fourth-order valence-corrected chi connectivity index (χ4v) is 1.77. The van der Waals surface area contributed by atoms with Crippen LogP contribution in [-0.2, 0) is 13.0 Å². The van der Waals surface area contributed by atoms with Crippen LogP contribution in [0.15, 0.2) is 12.4 Å². The van der Waals surface area contributed by atoms with Gasteiger partial charge in [0.2, 0.25) is 0 Å². The average molecular weight is 273 g/mol. The van der Waals surface area contributed by atoms with E-state index >= 15 is 0 Å². The number of nitrogens with zero attached hydrogens (tertiary/aromatic N) is 2. The third-order valence-electron chi connectivity index (χ3n) is 2.70. The number of aryl methyl sites for hydroxylation is 2. The van der Waals surface area contributed by atoms with Crippen molar-refractivity contribution in [2.24, 2.45) is 5.41 Å². The molecule has 0 saturated heterocycles. The molecule has 1 rings (SSSR count). The molecule has 0 aliphatic heterocycles. The van der Waals surface area contributed by atoms with E-state index in [2.05, 4.69) is 59.4 Å². The molecule has 0 saturated carbocycles. The maximum absolute atomic E-state index is 4.38. The van der Waals surface area contributed by atoms with Gasteiger partial charge in [-0.25, -0.2) is 4.98 Å². The second-order valence-corrected chi connectivity index (χ2v) is 6.11. The first-order valence-electron chi connectivity index (χ1n) is 5.59. The van der Waals surface area contributed by atoms with E-state index in [1.807, 2.05) is 6.20 Å². The molecule has 0 aliphatic carbocycles. The van der Waals surface area contributed by atoms with Crippen LogP contribution in [0.25, 0.3) is 0 Å². The molecule has 86 valence electrons. The number of halogens is 1. The number of hydrogen-bond acceptors (Lipinski definition) is 1. The Bertz CT molecular complexity index is 299. The van der Waals surface area contributed by atoms with Crippen molar-refractivity contribution in [1.82, 2.24) is 9.55 Å². The standard InChI is InChI=1S/C12H21BrN2/c1-5-15-9-8-14-11(15)7-6-10(13)12(2,3)4/h8-10H,5-7H2,1-4H3. The van der Waals surface area contributed by atoms with E-state index in [0.717, 1.165) is 19.4 Å². The van der Waals surface area contributed by atoms with Crippen LogP contribution < -0.4 is 0 Å². The maximum atomic E-state index is 4.38. The van der Waals surface area contributed by atoms with Crippen LogP contribution in [0.5, 0.6) is 0 Å². The third-order valence-corrected chi connectivity index (χ3v) is 4.53. The summed E-state index contributed by atoms with van der Waals surface area (Å²) < 4.78 is 2.21. The molecular weight excluding hydrogens is 252 g/mol. The number of alkyl halides is 1. The topological polar surface area (TPSA) is 17.8 Å². The molecular formula is C12H21BrN2. The molecule has 2 nitrogen and oxygen atoms in total. The van der Waals surface area contributed by atoms with Crippen LogP contribution in [0.4, 0.5) is 0 Å². The molecule has 0 amide bonds. The minimum atomic E-state index is 0.323. The van der Waals surface area contributed by atoms with Gasteiger partial charge in [0.1, 0.15) is 5.82 Å². The number of hydrogen-bond donors (Lipinski definition) is 0. The van der Waals surface area contributed by atoms with Crippen LogP contribution in [0, 0.1) is 5.41 Å². The van der Waals surface area contributed by atoms with Crippen molar-refractivity contribution >= 4 is 15.9 Å². The Kier molecular flexibility index (Phi) is 4.38. The van der Waals surface area contributed by atoms with Crippen molar-refractivity contribution in [3.8, 4) is 0 Å². The molecule has 3 heteroatoms. The molecule has 0 N–H and O–H groups in total. The van der Waals surface area contributed by atoms with Crippen LogP contribution >= 0.6 is 15.9 Å². The Morgan fingerprint density at radius 1 is 1.47 bits per heavy atom. The summed E-state index contributed by atoms with van der Waals surface area (Å²) in [6.45, 7) is 9.95. The number of aromatic nitrogens is 2. The molecule has 0 fully saturated rings. The lowest BCUT2D eigenvalue weighted by molar-refractivity contribution is 0.383. The first-order chi connectivity index (χ1) is 6.95. The van der Waals surface area contributed by atoms with Crippen molar-refractivity contribution in [2.75, 3.05) is 0 Å². The largest absolute Gasteiger partial charge is 0.335 e. The smallest absolute Gasteiger partial charge is 0.108 e. The summed E-state index contributed by atoms with van der Waals surface area (Å²) >= 11 is 3.75. The lowest BCUT2D eigenvalue weighted by Gasteiger charge is -2.25. The highest BCUT2D eigenvalue weighted by Gasteiger charge is 2.21. The lowest BCUT2D eigenvalue weighted by Crippen LogP contribution is -2.21. The fourth-order valence-electron chi connectivity index (χ4n) is 1.54. The molecule has 0 aliphatic rings. The van der Waals surface area contributed by atoms with Gasteiger partial charge in [0.05, 0.1) is 0 Å². The van der Waals surface area contributed by atoms with Crippen molar-refractivity contribution < 1.29 is 0 Å². The summed E-state index contributed by atoms with van der Waals surface area (Å²) in [5.41, 5.74) is 0.323. The normalized spacial score (nSPS) is 14.2. The third kappa shape index (κ3) is 3.63. The molecule has 1 heterocycles. The number of rotatable bonds is 4. The molecule has 1 aromatic rings. The zero-order chi connectivity index (χ0) is 11.5. The highest BCUT2D eigenvalue weighted by molar-refractivity contribution is 9.09. The van der Waals surface area contributed by atoms with Gasteiger partial charge < -0.3 is 4.57 Å². The minimum absolute atomic E-state index is 0.323. The van der Waals surface area contributed by atoms with E-state index in [-0.39, 0.29) is 0 Å². The zero-order valence-electron chi connectivity index (χ0n) is 10.1. The van der Waals surface area contributed by atoms with Crippen molar-refractivity contribution in [3.05, 3.63) is 18.2 Å². The SMILES string of the molecule is CCn1ccnc1CCC(Br)C(C)(C)C. The van der Waals surface area contributed by atoms with Gasteiger partial charge in [-0.15, -0.1) is 0 Å². The van der Waals surface area contributed by atoms with E-state index in [4.69, 9.17) is 0 Å². The van der Waals surface area contributed by atoms with E-state index in [1.54, 1.807) is 0 Å². The van der Waals surface area contributed by atoms with E-state index in [1.165, 1.54) is 5.82 Å². The first kappa shape index (κ1) is 12.8. The van der Waals surface area contributed by atoms with Crippen LogP contribution in [-0.4, -0.2) is 14.4 Å². The van der Waals surface area contributed by atoms with Crippen molar-refractivity contribution in [2.45, 2.75) is 51.9 Å². The molecule has 0 radical (unpaired) electrons. The summed E-state index contributed by atoms with van der Waals surface area (Å²) in [4.78, 5) is 4.93. The Morgan fingerprint density at radius 3 is 2.67 bits per heavy atom. The highest BCUT2D eigenvalue weighted by atomic mass is 79.9. The van der Waals surface area contributed by atoms with E-state index in [9.17, 15) is 0 Å². The summed E-state index contributed by atoms with van der Waals surface area (Å²) in [6, 6.07) is 0. The monoisotopic (exact) mass is 272 g/mol. The maximum Gasteiger partial charge on any atom is 0.108 e. The quantitative estimate of drug-likeness (QED) is 0.766. The number of imidazole rings is 1. The summed E-state index contributed by atoms with van der Waals surface area (Å²) in [5.74, 6) is 1.20. The molecule has 1 aromatic heterocycles. The van der Waals surface area contributed by atoms with Crippen molar-refractivity contribution in [3.63, 3.8) is 0 Å². The van der Waals surface area contributed by atoms with Gasteiger partial charge in [-0.2, -0.15) is 0 Å². The molecule has 1 unspecified atom stereocenters. The van der Waals surface area contributed by atoms with Gasteiger partial charge in [-0.1, -0.05) is 36.7 Å². The van der Waals surface area contributed by atoms with Gasteiger partial charge >= 0.3 is 0 Å². The molecule has 15 heavy (non-hydrogen) atoms. The Morgan fingerprint density at radius 2 is 2.13 bits per heavy atom. The van der Waals surface area contributed by atoms with Crippen LogP contribution in [0.1, 0.15) is 39.9 Å². The molecule has 0 spiro atoms. The first-order valence-corrected chi connectivity index (χ1v) is 6.50. The lowest BCUT2D eigenvalue weighted by atomic mass is 9.89. The summed E-state index contributed by atoms with van der Waals surface area (Å²) in [5, 5.41) is 0. The fraction of sp³-hybridized carbons (Fsp3) is 0.750. The van der Waals surface area contributed by atoms with Gasteiger partial charge in [0.15, 0.2) is 0 Å². The Hall–Kier alpha value is -0.310. The van der Waals surface area contributed by atoms with Gasteiger partial charge in [0, 0.05) is 30.2 Å². The predicted octanol–water partition coefficient (Wildman–Crippen LogP) is 3.65. The van der Waals surface area contributed by atoms with E-state index < -0.39 is 0 Å². The zero-order valence-corrected chi connectivity index (χ0v) is 11.7. The highest BCUT2D eigenvalue weighted by Crippen LogP contribution is 2.29. The van der Waals surface area contributed by atoms with Crippen molar-refractivity contribution in [1.29, 1.82) is 0 Å². The predicted molar refractivity (Wildman–Crippen MR) is 68.4 cm³/mol. The minimum Gasteiger partial charge on any atom is -0.335 e. The van der Waals surface area contributed by atoms with Gasteiger partial charge in [0.25, 0.3) is 0 Å². The average Bonchev–Trinajstić information content (AvgIpc) is 2.59. The summed E-state index contributed by atoms with van der Waals surface area (Å²) in [7, 11) is 0. The van der Waals surface area contributed by atoms with E-state index in [0.29, 0.717) is 10.2 Å². The Labute approximate surface area is 101 Å². The summed E-state index contributed by atoms with van der Waals surface area (Å²) in [6.07, 6.45) is 6.13. The second-order valence-electron chi connectivity index (χ2n) is 5.00. The van der Waals surface area contributed by atoms with Gasteiger partial charge in [-0.3, -0.25) is 0 Å². The molecule has 1 atom stereocenters. The molecule has 0 bridgehead atoms. The van der Waals surface area contributed by atoms with Crippen LogP contribution in [0.3, 0.4) is 0 Å². The van der Waals surface area contributed by atoms with Gasteiger partial charge in [-0.05, 0) is 18.8 Å². The van der Waals surface area contributed by atoms with Crippen LogP contribution in [0.2, 0.25) is 0 Å².